The van der Waals surface area contributed by atoms with E-state index in [1.54, 1.807) is 32.0 Å². The van der Waals surface area contributed by atoms with Crippen molar-refractivity contribution in [1.29, 1.82) is 0 Å². The molecule has 0 amide bonds. The van der Waals surface area contributed by atoms with Crippen molar-refractivity contribution in [2.45, 2.75) is 37.7 Å². The van der Waals surface area contributed by atoms with E-state index < -0.39 is 21.4 Å². The van der Waals surface area contributed by atoms with Crippen molar-refractivity contribution < 1.29 is 22.7 Å². The van der Waals surface area contributed by atoms with Crippen LogP contribution in [0.3, 0.4) is 0 Å². The highest BCUT2D eigenvalue weighted by Gasteiger charge is 2.43. The number of aromatic nitrogens is 1. The number of pyridine rings is 1. The maximum absolute atomic E-state index is 12.5. The van der Waals surface area contributed by atoms with Crippen LogP contribution in [0.1, 0.15) is 32.0 Å². The molecule has 0 spiro atoms. The number of hydrogen-bond acceptors (Lipinski definition) is 6. The van der Waals surface area contributed by atoms with Gasteiger partial charge in [0.1, 0.15) is 11.4 Å². The number of ether oxygens (including phenoxy) is 2. The molecular formula is C20H20ClNO5S. The highest BCUT2D eigenvalue weighted by molar-refractivity contribution is 7.90. The van der Waals surface area contributed by atoms with Gasteiger partial charge < -0.3 is 9.47 Å². The first kappa shape index (κ1) is 20.4. The summed E-state index contributed by atoms with van der Waals surface area (Å²) in [6.45, 7) is 5.42. The van der Waals surface area contributed by atoms with Crippen LogP contribution in [0, 0.1) is 0 Å². The third-order valence-corrected chi connectivity index (χ3v) is 5.84. The minimum Gasteiger partial charge on any atom is -0.449 e. The van der Waals surface area contributed by atoms with E-state index in [-0.39, 0.29) is 10.7 Å². The molecule has 1 aromatic heterocycles. The summed E-state index contributed by atoms with van der Waals surface area (Å²) in [7, 11) is -3.32. The van der Waals surface area contributed by atoms with Crippen molar-refractivity contribution >= 4 is 33.0 Å². The van der Waals surface area contributed by atoms with Crippen LogP contribution in [0.2, 0.25) is 5.02 Å². The quantitative estimate of drug-likeness (QED) is 0.682. The summed E-state index contributed by atoms with van der Waals surface area (Å²) in [5, 5.41) is 0.449. The van der Waals surface area contributed by atoms with E-state index in [9.17, 15) is 13.2 Å². The van der Waals surface area contributed by atoms with Crippen LogP contribution < -0.4 is 4.74 Å². The Morgan fingerprint density at radius 3 is 2.39 bits per heavy atom. The van der Waals surface area contributed by atoms with E-state index in [0.717, 1.165) is 11.9 Å². The Morgan fingerprint density at radius 1 is 1.21 bits per heavy atom. The van der Waals surface area contributed by atoms with Gasteiger partial charge in [-0.05, 0) is 38.0 Å². The molecule has 2 heterocycles. The molecule has 1 aliphatic heterocycles. The minimum absolute atomic E-state index is 0.0271. The average Bonchev–Trinajstić information content (AvgIpc) is 2.82. The lowest BCUT2D eigenvalue weighted by atomic mass is 9.92. The number of halogens is 1. The second kappa shape index (κ2) is 7.22. The molecule has 0 aliphatic carbocycles. The molecule has 1 aromatic carbocycles. The number of aryl methyl sites for hydroxylation is 1. The SMILES string of the molecule is CCc1ncc(OC2=C(c3ccc(S(C)(=O)=O)cc3)C(C)(C)OC2=O)cc1Cl. The molecule has 0 radical (unpaired) electrons. The number of cyclic esters (lactones) is 1. The van der Waals surface area contributed by atoms with Gasteiger partial charge in [-0.3, -0.25) is 4.98 Å². The number of nitrogens with zero attached hydrogens (tertiary/aromatic N) is 1. The molecule has 0 saturated heterocycles. The number of benzene rings is 1. The van der Waals surface area contributed by atoms with Crippen LogP contribution in [0.15, 0.2) is 47.2 Å². The standard InChI is InChI=1S/C20H20ClNO5S/c1-5-16-15(21)10-13(11-22-16)26-18-17(20(2,3)27-19(18)23)12-6-8-14(9-7-12)28(4,24)25/h6-11H,5H2,1-4H3. The van der Waals surface area contributed by atoms with E-state index in [1.807, 2.05) is 6.92 Å². The first-order chi connectivity index (χ1) is 13.0. The largest absolute Gasteiger partial charge is 0.449 e. The Kier molecular flexibility index (Phi) is 5.25. The van der Waals surface area contributed by atoms with Gasteiger partial charge in [0.2, 0.25) is 5.76 Å². The highest BCUT2D eigenvalue weighted by Crippen LogP contribution is 2.40. The average molecular weight is 422 g/mol. The number of rotatable bonds is 5. The van der Waals surface area contributed by atoms with Gasteiger partial charge in [0, 0.05) is 12.3 Å². The van der Waals surface area contributed by atoms with Gasteiger partial charge in [-0.1, -0.05) is 30.7 Å². The van der Waals surface area contributed by atoms with Crippen LogP contribution >= 0.6 is 11.6 Å². The fourth-order valence-electron chi connectivity index (χ4n) is 3.03. The van der Waals surface area contributed by atoms with E-state index in [2.05, 4.69) is 4.98 Å². The van der Waals surface area contributed by atoms with Crippen molar-refractivity contribution in [3.63, 3.8) is 0 Å². The highest BCUT2D eigenvalue weighted by atomic mass is 35.5. The molecule has 0 atom stereocenters. The summed E-state index contributed by atoms with van der Waals surface area (Å²) >= 11 is 6.19. The monoisotopic (exact) mass is 421 g/mol. The van der Waals surface area contributed by atoms with Crippen LogP contribution in [0.25, 0.3) is 5.57 Å². The summed E-state index contributed by atoms with van der Waals surface area (Å²) in [6.07, 6.45) is 3.31. The van der Waals surface area contributed by atoms with E-state index in [4.69, 9.17) is 21.1 Å². The zero-order valence-electron chi connectivity index (χ0n) is 15.9. The summed E-state index contributed by atoms with van der Waals surface area (Å²) in [5.41, 5.74) is 0.934. The number of hydrogen-bond donors (Lipinski definition) is 0. The molecule has 8 heteroatoms. The van der Waals surface area contributed by atoms with Crippen molar-refractivity contribution in [3.8, 4) is 5.75 Å². The van der Waals surface area contributed by atoms with Gasteiger partial charge in [-0.15, -0.1) is 0 Å². The Labute approximate surface area is 169 Å². The molecule has 6 nitrogen and oxygen atoms in total. The number of carbonyl (C=O) groups is 1. The molecule has 0 saturated carbocycles. The van der Waals surface area contributed by atoms with Crippen LogP contribution in [-0.4, -0.2) is 31.2 Å². The summed E-state index contributed by atoms with van der Waals surface area (Å²) in [6, 6.07) is 7.84. The zero-order valence-corrected chi connectivity index (χ0v) is 17.5. The smallest absolute Gasteiger partial charge is 0.375 e. The van der Waals surface area contributed by atoms with Crippen LogP contribution in [0.4, 0.5) is 0 Å². The summed E-state index contributed by atoms with van der Waals surface area (Å²) in [4.78, 5) is 16.9. The van der Waals surface area contributed by atoms with Gasteiger partial charge in [-0.2, -0.15) is 0 Å². The van der Waals surface area contributed by atoms with Crippen molar-refractivity contribution in [2.24, 2.45) is 0 Å². The lowest BCUT2D eigenvalue weighted by Crippen LogP contribution is -2.22. The summed E-state index contributed by atoms with van der Waals surface area (Å²) in [5.74, 6) is -0.265. The third kappa shape index (κ3) is 3.91. The normalized spacial score (nSPS) is 16.2. The first-order valence-electron chi connectivity index (χ1n) is 8.64. The van der Waals surface area contributed by atoms with Crippen LogP contribution in [-0.2, 0) is 25.8 Å². The molecule has 0 N–H and O–H groups in total. The molecule has 148 valence electrons. The van der Waals surface area contributed by atoms with Crippen LogP contribution in [0.5, 0.6) is 5.75 Å². The molecule has 3 rings (SSSR count). The molecule has 0 bridgehead atoms. The van der Waals surface area contributed by atoms with E-state index in [0.29, 0.717) is 28.3 Å². The fraction of sp³-hybridized carbons (Fsp3) is 0.300. The topological polar surface area (TPSA) is 82.6 Å². The van der Waals surface area contributed by atoms with Gasteiger partial charge in [-0.25, -0.2) is 13.2 Å². The van der Waals surface area contributed by atoms with Crippen molar-refractivity contribution in [1.82, 2.24) is 4.98 Å². The maximum atomic E-state index is 12.5. The Balaban J connectivity index is 2.06. The van der Waals surface area contributed by atoms with Gasteiger partial charge >= 0.3 is 5.97 Å². The molecule has 2 aromatic rings. The Morgan fingerprint density at radius 2 is 1.86 bits per heavy atom. The van der Waals surface area contributed by atoms with Gasteiger partial charge in [0.05, 0.1) is 27.4 Å². The lowest BCUT2D eigenvalue weighted by molar-refractivity contribution is -0.145. The maximum Gasteiger partial charge on any atom is 0.375 e. The molecule has 0 fully saturated rings. The number of sulfone groups is 1. The molecular weight excluding hydrogens is 402 g/mol. The summed E-state index contributed by atoms with van der Waals surface area (Å²) < 4.78 is 34.7. The van der Waals surface area contributed by atoms with Crippen molar-refractivity contribution in [3.05, 3.63) is 58.6 Å². The van der Waals surface area contributed by atoms with Crippen molar-refractivity contribution in [2.75, 3.05) is 6.26 Å². The minimum atomic E-state index is -3.32. The molecule has 1 aliphatic rings. The zero-order chi connectivity index (χ0) is 20.7. The van der Waals surface area contributed by atoms with Gasteiger partial charge in [0.25, 0.3) is 0 Å². The first-order valence-corrected chi connectivity index (χ1v) is 10.9. The second-order valence-corrected chi connectivity index (χ2v) is 9.38. The number of carbonyl (C=O) groups excluding carboxylic acids is 1. The second-order valence-electron chi connectivity index (χ2n) is 6.96. The van der Waals surface area contributed by atoms with Gasteiger partial charge in [0.15, 0.2) is 9.84 Å². The van der Waals surface area contributed by atoms with E-state index in [1.165, 1.54) is 18.3 Å². The molecule has 28 heavy (non-hydrogen) atoms. The fourth-order valence-corrected chi connectivity index (χ4v) is 3.95. The number of esters is 1. The third-order valence-electron chi connectivity index (χ3n) is 4.38. The lowest BCUT2D eigenvalue weighted by Gasteiger charge is -2.21. The predicted octanol–water partition coefficient (Wildman–Crippen LogP) is 3.83. The molecule has 0 unspecified atom stereocenters. The predicted molar refractivity (Wildman–Crippen MR) is 106 cm³/mol. The Bertz CT molecular complexity index is 1070. The van der Waals surface area contributed by atoms with E-state index >= 15 is 0 Å². The Hall–Kier alpha value is -2.38.